The first-order valence-electron chi connectivity index (χ1n) is 6.60. The van der Waals surface area contributed by atoms with Gasteiger partial charge in [0.05, 0.1) is 6.42 Å². The maximum absolute atomic E-state index is 11.6. The van der Waals surface area contributed by atoms with Crippen LogP contribution in [0.3, 0.4) is 0 Å². The Morgan fingerprint density at radius 1 is 1.32 bits per heavy atom. The molecule has 1 N–H and O–H groups in total. The molecular formula is C13H23NO4S. The third-order valence-electron chi connectivity index (χ3n) is 2.72. The Kier molecular flexibility index (Phi) is 5.97. The van der Waals surface area contributed by atoms with Crippen molar-refractivity contribution in [3.63, 3.8) is 0 Å². The van der Waals surface area contributed by atoms with Gasteiger partial charge in [0.2, 0.25) is 0 Å². The molecule has 110 valence electrons. The summed E-state index contributed by atoms with van der Waals surface area (Å²) in [4.78, 5) is 22.9. The second kappa shape index (κ2) is 7.03. The number of carbonyl (C=O) groups is 2. The molecular weight excluding hydrogens is 266 g/mol. The van der Waals surface area contributed by atoms with Gasteiger partial charge in [-0.1, -0.05) is 0 Å². The number of alkyl carbamates (subject to hydrolysis) is 1. The number of carbonyl (C=O) groups excluding carboxylic acids is 2. The second-order valence-corrected chi connectivity index (χ2v) is 6.19. The van der Waals surface area contributed by atoms with Crippen molar-refractivity contribution in [2.24, 2.45) is 0 Å². The van der Waals surface area contributed by atoms with Crippen LogP contribution in [-0.4, -0.2) is 35.6 Å². The summed E-state index contributed by atoms with van der Waals surface area (Å²) in [7, 11) is 0. The highest BCUT2D eigenvalue weighted by atomic mass is 32.1. The third kappa shape index (κ3) is 6.71. The molecule has 0 heterocycles. The molecule has 2 atom stereocenters. The predicted molar refractivity (Wildman–Crippen MR) is 75.4 cm³/mol. The quantitative estimate of drug-likeness (QED) is 0.615. The Hall–Kier alpha value is -0.910. The Labute approximate surface area is 119 Å². The molecule has 1 fully saturated rings. The van der Waals surface area contributed by atoms with E-state index in [2.05, 4.69) is 17.9 Å². The Bertz CT molecular complexity index is 327. The number of hydrogen-bond donors (Lipinski definition) is 2. The third-order valence-corrected chi connectivity index (χ3v) is 2.94. The highest BCUT2D eigenvalue weighted by Crippen LogP contribution is 2.23. The molecule has 0 bridgehead atoms. The van der Waals surface area contributed by atoms with E-state index in [1.807, 2.05) is 20.8 Å². The van der Waals surface area contributed by atoms with Crippen molar-refractivity contribution in [2.75, 3.05) is 5.75 Å². The maximum Gasteiger partial charge on any atom is 0.407 e. The van der Waals surface area contributed by atoms with E-state index in [-0.39, 0.29) is 18.1 Å². The zero-order valence-electron chi connectivity index (χ0n) is 11.8. The Morgan fingerprint density at radius 3 is 2.58 bits per heavy atom. The van der Waals surface area contributed by atoms with Gasteiger partial charge in [0.15, 0.2) is 0 Å². The average molecular weight is 289 g/mol. The molecule has 0 spiro atoms. The summed E-state index contributed by atoms with van der Waals surface area (Å²) in [6.45, 7) is 5.47. The maximum atomic E-state index is 11.6. The Morgan fingerprint density at radius 2 is 2.00 bits per heavy atom. The number of amides is 1. The van der Waals surface area contributed by atoms with Crippen molar-refractivity contribution in [1.29, 1.82) is 0 Å². The molecule has 1 rings (SSSR count). The molecule has 0 aromatic carbocycles. The van der Waals surface area contributed by atoms with Crippen molar-refractivity contribution in [1.82, 2.24) is 5.32 Å². The van der Waals surface area contributed by atoms with E-state index < -0.39 is 11.7 Å². The lowest BCUT2D eigenvalue weighted by atomic mass is 10.2. The summed E-state index contributed by atoms with van der Waals surface area (Å²) < 4.78 is 10.5. The summed E-state index contributed by atoms with van der Waals surface area (Å²) >= 11 is 3.98. The molecule has 0 aromatic rings. The molecule has 19 heavy (non-hydrogen) atoms. The van der Waals surface area contributed by atoms with E-state index in [9.17, 15) is 9.59 Å². The van der Waals surface area contributed by atoms with E-state index in [1.54, 1.807) is 0 Å². The average Bonchev–Trinajstić information content (AvgIpc) is 2.62. The standard InChI is InChI=1S/C13H23NO4S/c1-13(2,3)18-12(16)14-9-4-5-10(8-9)17-11(15)6-7-19/h9-10,19H,4-8H2,1-3H3,(H,14,16). The van der Waals surface area contributed by atoms with Gasteiger partial charge in [-0.05, 0) is 33.6 Å². The molecule has 1 aliphatic carbocycles. The van der Waals surface area contributed by atoms with Crippen molar-refractivity contribution < 1.29 is 19.1 Å². The van der Waals surface area contributed by atoms with Crippen molar-refractivity contribution in [3.8, 4) is 0 Å². The van der Waals surface area contributed by atoms with Gasteiger partial charge in [0.25, 0.3) is 0 Å². The van der Waals surface area contributed by atoms with Crippen LogP contribution >= 0.6 is 12.6 Å². The van der Waals surface area contributed by atoms with Gasteiger partial charge < -0.3 is 14.8 Å². The van der Waals surface area contributed by atoms with Crippen molar-refractivity contribution >= 4 is 24.7 Å². The van der Waals surface area contributed by atoms with Crippen molar-refractivity contribution in [3.05, 3.63) is 0 Å². The van der Waals surface area contributed by atoms with Crippen molar-refractivity contribution in [2.45, 2.75) is 64.2 Å². The minimum Gasteiger partial charge on any atom is -0.462 e. The fraction of sp³-hybridized carbons (Fsp3) is 0.846. The van der Waals surface area contributed by atoms with E-state index in [0.29, 0.717) is 18.6 Å². The lowest BCUT2D eigenvalue weighted by Gasteiger charge is -2.21. The molecule has 0 aliphatic heterocycles. The lowest BCUT2D eigenvalue weighted by molar-refractivity contribution is -0.148. The number of ether oxygens (including phenoxy) is 2. The fourth-order valence-corrected chi connectivity index (χ4v) is 2.17. The first kappa shape index (κ1) is 16.1. The van der Waals surface area contributed by atoms with Gasteiger partial charge in [-0.2, -0.15) is 12.6 Å². The zero-order chi connectivity index (χ0) is 14.5. The largest absolute Gasteiger partial charge is 0.462 e. The minimum absolute atomic E-state index is 0.0173. The van der Waals surface area contributed by atoms with Crippen LogP contribution in [0.25, 0.3) is 0 Å². The minimum atomic E-state index is -0.499. The van der Waals surface area contributed by atoms with Gasteiger partial charge in [-0.15, -0.1) is 0 Å². The van der Waals surface area contributed by atoms with Crippen LogP contribution in [0.2, 0.25) is 0 Å². The topological polar surface area (TPSA) is 64.6 Å². The van der Waals surface area contributed by atoms with E-state index in [4.69, 9.17) is 9.47 Å². The van der Waals surface area contributed by atoms with Crippen LogP contribution in [0, 0.1) is 0 Å². The van der Waals surface area contributed by atoms with Gasteiger partial charge in [-0.25, -0.2) is 4.79 Å². The van der Waals surface area contributed by atoms with Gasteiger partial charge in [-0.3, -0.25) is 4.79 Å². The molecule has 1 amide bonds. The Balaban J connectivity index is 2.28. The molecule has 6 heteroatoms. The number of thiol groups is 1. The smallest absolute Gasteiger partial charge is 0.407 e. The van der Waals surface area contributed by atoms with E-state index in [1.165, 1.54) is 0 Å². The van der Waals surface area contributed by atoms with Gasteiger partial charge in [0.1, 0.15) is 11.7 Å². The summed E-state index contributed by atoms with van der Waals surface area (Å²) in [6.07, 6.45) is 2.03. The molecule has 1 aliphatic rings. The highest BCUT2D eigenvalue weighted by molar-refractivity contribution is 7.80. The SMILES string of the molecule is CC(C)(C)OC(=O)NC1CCC(OC(=O)CCS)C1. The number of esters is 1. The summed E-state index contributed by atoms with van der Waals surface area (Å²) in [5.74, 6) is 0.267. The first-order chi connectivity index (χ1) is 8.80. The van der Waals surface area contributed by atoms with Crippen LogP contribution in [-0.2, 0) is 14.3 Å². The van der Waals surface area contributed by atoms with Crippen LogP contribution < -0.4 is 5.32 Å². The normalized spacial score (nSPS) is 22.9. The molecule has 0 radical (unpaired) electrons. The van der Waals surface area contributed by atoms with E-state index >= 15 is 0 Å². The summed E-state index contributed by atoms with van der Waals surface area (Å²) in [5, 5.41) is 2.80. The zero-order valence-corrected chi connectivity index (χ0v) is 12.7. The summed E-state index contributed by atoms with van der Waals surface area (Å²) in [5.41, 5.74) is -0.499. The molecule has 2 unspecified atom stereocenters. The molecule has 5 nitrogen and oxygen atoms in total. The van der Waals surface area contributed by atoms with Crippen LogP contribution in [0.15, 0.2) is 0 Å². The molecule has 0 aromatic heterocycles. The fourth-order valence-electron chi connectivity index (χ4n) is 1.99. The number of hydrogen-bond acceptors (Lipinski definition) is 5. The van der Waals surface area contributed by atoms with Crippen LogP contribution in [0.4, 0.5) is 4.79 Å². The molecule has 1 saturated carbocycles. The van der Waals surface area contributed by atoms with Gasteiger partial charge in [0, 0.05) is 18.2 Å². The molecule has 0 saturated heterocycles. The summed E-state index contributed by atoms with van der Waals surface area (Å²) in [6, 6.07) is 0.0173. The van der Waals surface area contributed by atoms with Crippen LogP contribution in [0.1, 0.15) is 46.5 Å². The van der Waals surface area contributed by atoms with Gasteiger partial charge >= 0.3 is 12.1 Å². The van der Waals surface area contributed by atoms with E-state index in [0.717, 1.165) is 12.8 Å². The lowest BCUT2D eigenvalue weighted by Crippen LogP contribution is -2.38. The monoisotopic (exact) mass is 289 g/mol. The number of nitrogens with one attached hydrogen (secondary N) is 1. The first-order valence-corrected chi connectivity index (χ1v) is 7.23. The van der Waals surface area contributed by atoms with Crippen LogP contribution in [0.5, 0.6) is 0 Å². The number of rotatable bonds is 4. The predicted octanol–water partition coefficient (Wildman–Crippen LogP) is 2.30. The highest BCUT2D eigenvalue weighted by Gasteiger charge is 2.29. The second-order valence-electron chi connectivity index (χ2n) is 5.74.